The Kier molecular flexibility index (Phi) is 6.40. The molecule has 32 heavy (non-hydrogen) atoms. The number of benzene rings is 2. The molecule has 0 radical (unpaired) electrons. The normalized spacial score (nSPS) is 19.2. The first-order valence-electron chi connectivity index (χ1n) is 9.83. The van der Waals surface area contributed by atoms with Crippen LogP contribution in [0.25, 0.3) is 12.2 Å². The zero-order valence-corrected chi connectivity index (χ0v) is 17.0. The Balaban J connectivity index is 2.03. The third-order valence-corrected chi connectivity index (χ3v) is 5.63. The summed E-state index contributed by atoms with van der Waals surface area (Å²) in [5.74, 6) is -3.88. The number of aliphatic hydroxyl groups excluding tert-OH is 1. The molecule has 168 valence electrons. The van der Waals surface area contributed by atoms with Gasteiger partial charge in [0, 0.05) is 24.0 Å². The molecule has 3 rings (SSSR count). The van der Waals surface area contributed by atoms with E-state index in [4.69, 9.17) is 11.5 Å². The highest BCUT2D eigenvalue weighted by Crippen LogP contribution is 2.48. The summed E-state index contributed by atoms with van der Waals surface area (Å²) in [5, 5.41) is 50.9. The lowest BCUT2D eigenvalue weighted by Gasteiger charge is -2.23. The van der Waals surface area contributed by atoms with E-state index in [1.807, 2.05) is 0 Å². The highest BCUT2D eigenvalue weighted by molar-refractivity contribution is 5.91. The van der Waals surface area contributed by atoms with Gasteiger partial charge in [-0.1, -0.05) is 0 Å². The summed E-state index contributed by atoms with van der Waals surface area (Å²) in [7, 11) is 0. The lowest BCUT2D eigenvalue weighted by Crippen LogP contribution is -2.20. The van der Waals surface area contributed by atoms with Crippen LogP contribution in [0.15, 0.2) is 36.4 Å². The van der Waals surface area contributed by atoms with E-state index in [0.717, 1.165) is 12.2 Å². The van der Waals surface area contributed by atoms with Crippen molar-refractivity contribution in [3.05, 3.63) is 58.7 Å². The number of nitrogens with two attached hydrogens (primary N) is 2. The van der Waals surface area contributed by atoms with Crippen LogP contribution in [0.3, 0.4) is 0 Å². The molecule has 9 N–H and O–H groups in total. The lowest BCUT2D eigenvalue weighted by atomic mass is 9.85. The number of carbonyl (C=O) groups is 2. The van der Waals surface area contributed by atoms with Crippen LogP contribution in [0, 0.1) is 0 Å². The van der Waals surface area contributed by atoms with Crippen LogP contribution in [-0.2, 0) is 9.59 Å². The molecule has 2 atom stereocenters. The van der Waals surface area contributed by atoms with Gasteiger partial charge in [-0.15, -0.1) is 0 Å². The fourth-order valence-electron chi connectivity index (χ4n) is 4.15. The van der Waals surface area contributed by atoms with Gasteiger partial charge in [0.25, 0.3) is 0 Å². The van der Waals surface area contributed by atoms with E-state index in [2.05, 4.69) is 0 Å². The molecule has 0 aromatic heterocycles. The van der Waals surface area contributed by atoms with Crippen LogP contribution in [0.1, 0.15) is 46.9 Å². The fraction of sp³-hybridized carbons (Fsp3) is 0.217. The number of amides is 2. The molecule has 1 saturated carbocycles. The first-order valence-corrected chi connectivity index (χ1v) is 9.83. The van der Waals surface area contributed by atoms with Crippen LogP contribution >= 0.6 is 0 Å². The predicted octanol–water partition coefficient (Wildman–Crippen LogP) is 1.53. The summed E-state index contributed by atoms with van der Waals surface area (Å²) < 4.78 is 0. The molecule has 2 aromatic carbocycles. The van der Waals surface area contributed by atoms with E-state index in [9.17, 15) is 35.1 Å². The molecule has 0 aliphatic heterocycles. The van der Waals surface area contributed by atoms with Crippen molar-refractivity contribution in [2.75, 3.05) is 0 Å². The van der Waals surface area contributed by atoms with Crippen molar-refractivity contribution in [2.24, 2.45) is 11.5 Å². The van der Waals surface area contributed by atoms with E-state index < -0.39 is 29.8 Å². The summed E-state index contributed by atoms with van der Waals surface area (Å²) in [6.45, 7) is 0. The number of carbonyl (C=O) groups excluding carboxylic acids is 2. The Labute approximate surface area is 183 Å². The van der Waals surface area contributed by atoms with Gasteiger partial charge in [-0.05, 0) is 71.5 Å². The average Bonchev–Trinajstić information content (AvgIpc) is 3.10. The van der Waals surface area contributed by atoms with Gasteiger partial charge in [0.1, 0.15) is 0 Å². The topological polar surface area (TPSA) is 187 Å². The maximum absolute atomic E-state index is 11.2. The molecule has 0 spiro atoms. The quantitative estimate of drug-likeness (QED) is 0.262. The van der Waals surface area contributed by atoms with Crippen molar-refractivity contribution in [1.82, 2.24) is 0 Å². The number of phenolic OH excluding ortho intramolecular Hbond substituents is 4. The Morgan fingerprint density at radius 2 is 1.06 bits per heavy atom. The minimum atomic E-state index is -0.982. The minimum absolute atomic E-state index is 0.376. The second-order valence-electron chi connectivity index (χ2n) is 7.69. The number of aliphatic hydroxyl groups is 1. The summed E-state index contributed by atoms with van der Waals surface area (Å²) in [4.78, 5) is 22.3. The highest BCUT2D eigenvalue weighted by atomic mass is 16.3. The highest BCUT2D eigenvalue weighted by Gasteiger charge is 2.38. The third-order valence-electron chi connectivity index (χ3n) is 5.63. The maximum atomic E-state index is 11.2. The van der Waals surface area contributed by atoms with Crippen molar-refractivity contribution < 1.29 is 35.1 Å². The molecule has 9 nitrogen and oxygen atoms in total. The zero-order valence-electron chi connectivity index (χ0n) is 17.0. The number of hydrogen-bond donors (Lipinski definition) is 7. The maximum Gasteiger partial charge on any atom is 0.241 e. The van der Waals surface area contributed by atoms with Gasteiger partial charge in [-0.3, -0.25) is 9.59 Å². The van der Waals surface area contributed by atoms with Gasteiger partial charge in [0.15, 0.2) is 23.0 Å². The van der Waals surface area contributed by atoms with Gasteiger partial charge in [-0.2, -0.15) is 0 Å². The molecule has 2 amide bonds. The summed E-state index contributed by atoms with van der Waals surface area (Å²) in [5.41, 5.74) is 12.1. The first-order chi connectivity index (χ1) is 15.1. The van der Waals surface area contributed by atoms with Crippen LogP contribution in [-0.4, -0.2) is 43.5 Å². The number of phenols is 4. The van der Waals surface area contributed by atoms with Gasteiger partial charge in [0.05, 0.1) is 6.10 Å². The number of hydrogen-bond acceptors (Lipinski definition) is 7. The minimum Gasteiger partial charge on any atom is -0.504 e. The second kappa shape index (κ2) is 9.03. The van der Waals surface area contributed by atoms with Crippen LogP contribution in [0.4, 0.5) is 0 Å². The molecular weight excluding hydrogens is 416 g/mol. The van der Waals surface area contributed by atoms with Crippen molar-refractivity contribution in [3.63, 3.8) is 0 Å². The van der Waals surface area contributed by atoms with Gasteiger partial charge < -0.3 is 37.0 Å². The number of aromatic hydroxyl groups is 4. The second-order valence-corrected chi connectivity index (χ2v) is 7.69. The van der Waals surface area contributed by atoms with Crippen LogP contribution in [0.2, 0.25) is 0 Å². The van der Waals surface area contributed by atoms with E-state index in [-0.39, 0.29) is 23.0 Å². The van der Waals surface area contributed by atoms with E-state index >= 15 is 0 Å². The van der Waals surface area contributed by atoms with Crippen LogP contribution in [0.5, 0.6) is 23.0 Å². The third kappa shape index (κ3) is 4.68. The van der Waals surface area contributed by atoms with Crippen molar-refractivity contribution >= 4 is 24.0 Å². The molecule has 0 heterocycles. The Morgan fingerprint density at radius 3 is 1.41 bits per heavy atom. The van der Waals surface area contributed by atoms with Gasteiger partial charge in [0.2, 0.25) is 11.8 Å². The van der Waals surface area contributed by atoms with E-state index in [1.54, 1.807) is 0 Å². The summed E-state index contributed by atoms with van der Waals surface area (Å²) >= 11 is 0. The van der Waals surface area contributed by atoms with E-state index in [0.29, 0.717) is 35.1 Å². The number of rotatable bonds is 6. The van der Waals surface area contributed by atoms with Crippen LogP contribution < -0.4 is 11.5 Å². The molecule has 0 bridgehead atoms. The fourth-order valence-corrected chi connectivity index (χ4v) is 4.15. The molecule has 0 unspecified atom stereocenters. The number of primary amides is 2. The van der Waals surface area contributed by atoms with Crippen molar-refractivity contribution in [2.45, 2.75) is 30.8 Å². The zero-order chi connectivity index (χ0) is 23.6. The van der Waals surface area contributed by atoms with Gasteiger partial charge in [-0.25, -0.2) is 0 Å². The lowest BCUT2D eigenvalue weighted by molar-refractivity contribution is -0.114. The Hall–Kier alpha value is -3.98. The summed E-state index contributed by atoms with van der Waals surface area (Å²) in [6, 6.07) is 5.21. The van der Waals surface area contributed by atoms with Crippen molar-refractivity contribution in [1.29, 1.82) is 0 Å². The smallest absolute Gasteiger partial charge is 0.241 e. The molecule has 9 heteroatoms. The molecule has 2 aromatic rings. The molecular formula is C23H24N2O7. The average molecular weight is 440 g/mol. The van der Waals surface area contributed by atoms with Crippen molar-refractivity contribution in [3.8, 4) is 23.0 Å². The molecule has 1 aliphatic rings. The first kappa shape index (κ1) is 22.7. The van der Waals surface area contributed by atoms with E-state index in [1.165, 1.54) is 36.4 Å². The monoisotopic (exact) mass is 440 g/mol. The Bertz CT molecular complexity index is 1040. The standard InChI is InChI=1S/C23H24N2O7/c24-21(30)5-1-11-7-17(26)19(28)9-15(11)13-3-4-14(23(13)32)16-10-20(29)18(27)8-12(16)2-6-22(25)31/h1-2,5-10,13-14,23,26-29,32H,3-4H2,(H2,24,30)(H2,25,31)/b5-1+,6-2+/t13-,14-/m0/s1. The Morgan fingerprint density at radius 1 is 0.719 bits per heavy atom. The molecule has 1 aliphatic carbocycles. The SMILES string of the molecule is NC(=O)/C=C/c1cc(O)c(O)cc1[C@@H]1CC[C@@H](c2cc(O)c(O)cc2/C=C/C(N)=O)C1O. The molecule has 1 fully saturated rings. The predicted molar refractivity (Wildman–Crippen MR) is 117 cm³/mol. The molecule has 0 saturated heterocycles. The largest absolute Gasteiger partial charge is 0.504 e. The summed E-state index contributed by atoms with van der Waals surface area (Å²) in [6.07, 6.45) is 4.98. The van der Waals surface area contributed by atoms with Gasteiger partial charge >= 0.3 is 0 Å².